The average molecular weight is 405 g/mol. The zero-order valence-electron chi connectivity index (χ0n) is 18.9. The van der Waals surface area contributed by atoms with Gasteiger partial charge >= 0.3 is 6.03 Å². The molecule has 2 aliphatic carbocycles. The monoisotopic (exact) mass is 404 g/mol. The Morgan fingerprint density at radius 2 is 1.87 bits per heavy atom. The number of fused-ring (bicyclic) bond motifs is 3. The van der Waals surface area contributed by atoms with Crippen LogP contribution in [0.1, 0.15) is 76.0 Å². The number of carbonyl (C=O) groups is 1. The van der Waals surface area contributed by atoms with Crippen molar-refractivity contribution in [2.75, 3.05) is 11.9 Å². The first kappa shape index (κ1) is 21.0. The molecule has 2 aromatic rings. The Morgan fingerprint density at radius 1 is 1.10 bits per heavy atom. The highest BCUT2D eigenvalue weighted by Crippen LogP contribution is 2.57. The molecule has 0 spiro atoms. The number of hydrogen-bond donors (Lipinski definition) is 2. The van der Waals surface area contributed by atoms with Crippen molar-refractivity contribution in [1.29, 1.82) is 0 Å². The molecule has 4 rings (SSSR count). The molecule has 1 fully saturated rings. The number of amides is 2. The summed E-state index contributed by atoms with van der Waals surface area (Å²) in [4.78, 5) is 12.5. The van der Waals surface area contributed by atoms with Gasteiger partial charge in [-0.05, 0) is 77.2 Å². The van der Waals surface area contributed by atoms with Crippen molar-refractivity contribution >= 4 is 11.7 Å². The predicted molar refractivity (Wildman–Crippen MR) is 125 cm³/mol. The molecule has 0 heterocycles. The molecule has 3 heteroatoms. The normalized spacial score (nSPS) is 27.8. The molecule has 2 N–H and O–H groups in total. The fourth-order valence-electron chi connectivity index (χ4n) is 6.19. The maximum atomic E-state index is 12.5. The Bertz CT molecular complexity index is 906. The molecule has 160 valence electrons. The first-order valence-electron chi connectivity index (χ1n) is 11.5. The molecule has 0 saturated heterocycles. The average Bonchev–Trinajstić information content (AvgIpc) is 2.72. The summed E-state index contributed by atoms with van der Waals surface area (Å²) in [5.41, 5.74) is 5.72. The quantitative estimate of drug-likeness (QED) is 0.589. The van der Waals surface area contributed by atoms with Crippen molar-refractivity contribution in [3.05, 3.63) is 65.2 Å². The number of hydrogen-bond acceptors (Lipinski definition) is 1. The van der Waals surface area contributed by atoms with E-state index in [9.17, 15) is 4.79 Å². The topological polar surface area (TPSA) is 41.1 Å². The van der Waals surface area contributed by atoms with Crippen LogP contribution in [0.25, 0.3) is 0 Å². The van der Waals surface area contributed by atoms with E-state index < -0.39 is 0 Å². The lowest BCUT2D eigenvalue weighted by Crippen LogP contribution is -2.53. The van der Waals surface area contributed by atoms with Gasteiger partial charge in [-0.1, -0.05) is 70.5 Å². The SMILES string of the molecule is CC(C)c1ccc2c(c1)CC[C@@H]1[C@](C)(CNC(=O)Nc3ccccc3)CCC[C@@]21C. The van der Waals surface area contributed by atoms with Crippen molar-refractivity contribution in [2.45, 2.75) is 71.1 Å². The Labute approximate surface area is 181 Å². The lowest BCUT2D eigenvalue weighted by Gasteiger charge is -2.55. The number of aryl methyl sites for hydroxylation is 1. The lowest BCUT2D eigenvalue weighted by atomic mass is 9.49. The summed E-state index contributed by atoms with van der Waals surface area (Å²) in [6.45, 7) is 10.2. The number of para-hydroxylation sites is 1. The molecule has 3 nitrogen and oxygen atoms in total. The maximum Gasteiger partial charge on any atom is 0.319 e. The molecule has 30 heavy (non-hydrogen) atoms. The maximum absolute atomic E-state index is 12.5. The number of rotatable bonds is 4. The minimum absolute atomic E-state index is 0.104. The van der Waals surface area contributed by atoms with E-state index in [1.54, 1.807) is 11.1 Å². The van der Waals surface area contributed by atoms with E-state index in [2.05, 4.69) is 56.5 Å². The zero-order chi connectivity index (χ0) is 21.4. The fraction of sp³-hybridized carbons (Fsp3) is 0.519. The highest BCUT2D eigenvalue weighted by molar-refractivity contribution is 5.89. The van der Waals surface area contributed by atoms with Gasteiger partial charge in [0.05, 0.1) is 0 Å². The van der Waals surface area contributed by atoms with Crippen LogP contribution in [0, 0.1) is 11.3 Å². The second kappa shape index (κ2) is 8.09. The van der Waals surface area contributed by atoms with Crippen molar-refractivity contribution < 1.29 is 4.79 Å². The van der Waals surface area contributed by atoms with E-state index in [-0.39, 0.29) is 16.9 Å². The summed E-state index contributed by atoms with van der Waals surface area (Å²) in [5.74, 6) is 1.16. The van der Waals surface area contributed by atoms with Crippen molar-refractivity contribution in [1.82, 2.24) is 5.32 Å². The summed E-state index contributed by atoms with van der Waals surface area (Å²) >= 11 is 0. The van der Waals surface area contributed by atoms with Gasteiger partial charge in [-0.25, -0.2) is 4.79 Å². The second-order valence-corrected chi connectivity index (χ2v) is 10.3. The van der Waals surface area contributed by atoms with Crippen LogP contribution < -0.4 is 10.6 Å². The first-order chi connectivity index (χ1) is 14.3. The first-order valence-corrected chi connectivity index (χ1v) is 11.5. The van der Waals surface area contributed by atoms with E-state index in [1.807, 2.05) is 30.3 Å². The van der Waals surface area contributed by atoms with Crippen LogP contribution in [-0.4, -0.2) is 12.6 Å². The molecule has 2 amide bonds. The van der Waals surface area contributed by atoms with Crippen molar-refractivity contribution in [3.63, 3.8) is 0 Å². The number of carbonyl (C=O) groups excluding carboxylic acids is 1. The van der Waals surface area contributed by atoms with Gasteiger partial charge in [0.15, 0.2) is 0 Å². The minimum atomic E-state index is -0.104. The Kier molecular flexibility index (Phi) is 5.65. The van der Waals surface area contributed by atoms with Gasteiger partial charge in [0.2, 0.25) is 0 Å². The molecular formula is C27H36N2O. The lowest BCUT2D eigenvalue weighted by molar-refractivity contribution is 0.0281. The molecule has 2 aliphatic rings. The van der Waals surface area contributed by atoms with E-state index >= 15 is 0 Å². The molecule has 0 aromatic heterocycles. The van der Waals surface area contributed by atoms with Crippen LogP contribution in [0.15, 0.2) is 48.5 Å². The number of benzene rings is 2. The van der Waals surface area contributed by atoms with Gasteiger partial charge in [-0.15, -0.1) is 0 Å². The summed E-state index contributed by atoms with van der Waals surface area (Å²) < 4.78 is 0. The molecule has 0 bridgehead atoms. The standard InChI is InChI=1S/C27H36N2O/c1-19(2)20-11-13-23-21(17-20)12-14-24-26(3,15-8-16-27(23,24)4)18-28-25(30)29-22-9-6-5-7-10-22/h5-7,9-11,13,17,19,24H,8,12,14-16,18H2,1-4H3,(H2,28,29,30)/t24-,26+,27+/m1/s1. The molecule has 3 atom stereocenters. The molecular weight excluding hydrogens is 368 g/mol. The Balaban J connectivity index is 1.51. The van der Waals surface area contributed by atoms with Crippen molar-refractivity contribution in [2.24, 2.45) is 11.3 Å². The van der Waals surface area contributed by atoms with E-state index in [4.69, 9.17) is 0 Å². The smallest absolute Gasteiger partial charge is 0.319 e. The predicted octanol–water partition coefficient (Wildman–Crippen LogP) is 6.64. The van der Waals surface area contributed by atoms with Crippen LogP contribution in [0.5, 0.6) is 0 Å². The summed E-state index contributed by atoms with van der Waals surface area (Å²) in [6, 6.07) is 16.8. The zero-order valence-corrected chi connectivity index (χ0v) is 18.9. The molecule has 0 unspecified atom stereocenters. The molecule has 0 radical (unpaired) electrons. The summed E-state index contributed by atoms with van der Waals surface area (Å²) in [5, 5.41) is 6.15. The van der Waals surface area contributed by atoms with E-state index in [0.717, 1.165) is 18.7 Å². The van der Waals surface area contributed by atoms with Gasteiger partial charge in [-0.2, -0.15) is 0 Å². The number of urea groups is 1. The van der Waals surface area contributed by atoms with Crippen LogP contribution in [0.2, 0.25) is 0 Å². The van der Waals surface area contributed by atoms with E-state index in [1.165, 1.54) is 31.2 Å². The third kappa shape index (κ3) is 3.87. The minimum Gasteiger partial charge on any atom is -0.337 e. The highest BCUT2D eigenvalue weighted by atomic mass is 16.2. The number of anilines is 1. The summed E-state index contributed by atoms with van der Waals surface area (Å²) in [6.07, 6.45) is 6.01. The third-order valence-corrected chi connectivity index (χ3v) is 7.85. The van der Waals surface area contributed by atoms with E-state index in [0.29, 0.717) is 11.8 Å². The largest absolute Gasteiger partial charge is 0.337 e. The highest BCUT2D eigenvalue weighted by Gasteiger charge is 2.51. The second-order valence-electron chi connectivity index (χ2n) is 10.3. The van der Waals surface area contributed by atoms with Crippen LogP contribution >= 0.6 is 0 Å². The van der Waals surface area contributed by atoms with Gasteiger partial charge in [0, 0.05) is 12.2 Å². The van der Waals surface area contributed by atoms with Crippen molar-refractivity contribution in [3.8, 4) is 0 Å². The van der Waals surface area contributed by atoms with Crippen LogP contribution in [0.3, 0.4) is 0 Å². The molecule has 0 aliphatic heterocycles. The van der Waals surface area contributed by atoms with Gasteiger partial charge in [0.25, 0.3) is 0 Å². The molecule has 1 saturated carbocycles. The van der Waals surface area contributed by atoms with Gasteiger partial charge in [-0.3, -0.25) is 0 Å². The fourth-order valence-corrected chi connectivity index (χ4v) is 6.19. The van der Waals surface area contributed by atoms with Crippen LogP contribution in [0.4, 0.5) is 10.5 Å². The Hall–Kier alpha value is -2.29. The van der Waals surface area contributed by atoms with Gasteiger partial charge in [0.1, 0.15) is 0 Å². The van der Waals surface area contributed by atoms with Crippen LogP contribution in [-0.2, 0) is 11.8 Å². The third-order valence-electron chi connectivity index (χ3n) is 7.85. The Morgan fingerprint density at radius 3 is 2.60 bits per heavy atom. The van der Waals surface area contributed by atoms with Gasteiger partial charge < -0.3 is 10.6 Å². The summed E-state index contributed by atoms with van der Waals surface area (Å²) in [7, 11) is 0. The number of nitrogens with one attached hydrogen (secondary N) is 2. The molecule has 2 aromatic carbocycles.